The third-order valence-corrected chi connectivity index (χ3v) is 7.02. The molecule has 4 heteroatoms. The summed E-state index contributed by atoms with van der Waals surface area (Å²) in [6, 6.07) is 21.3. The molecule has 0 radical (unpaired) electrons. The van der Waals surface area contributed by atoms with Gasteiger partial charge in [0.25, 0.3) is 0 Å². The molecule has 3 aromatic rings. The topological polar surface area (TPSA) is 0 Å². The van der Waals surface area contributed by atoms with Gasteiger partial charge in [0.15, 0.2) is 0 Å². The average molecular weight is 602 g/mol. The summed E-state index contributed by atoms with van der Waals surface area (Å²) in [4.78, 5) is 0. The maximum absolute atomic E-state index is 3.70. The molecule has 1 aliphatic carbocycles. The van der Waals surface area contributed by atoms with Gasteiger partial charge in [0.05, 0.1) is 0 Å². The van der Waals surface area contributed by atoms with Crippen molar-refractivity contribution in [3.63, 3.8) is 0 Å². The molecule has 0 fully saturated rings. The number of hydrogen-bond acceptors (Lipinski definition) is 0. The van der Waals surface area contributed by atoms with E-state index in [0.717, 1.165) is 6.42 Å². The summed E-state index contributed by atoms with van der Waals surface area (Å²) in [6.07, 6.45) is 6.87. The Hall–Kier alpha value is -1.28. The number of halogens is 3. The van der Waals surface area contributed by atoms with Crippen LogP contribution in [0.25, 0.3) is 0 Å². The van der Waals surface area contributed by atoms with Gasteiger partial charge in [0.2, 0.25) is 0 Å². The Balaban J connectivity index is 0.00000342. The fourth-order valence-corrected chi connectivity index (χ4v) is 6.05. The quantitative estimate of drug-likeness (QED) is 0.224. The molecule has 0 unspecified atom stereocenters. The first-order valence-corrected chi connectivity index (χ1v) is 12.5. The van der Waals surface area contributed by atoms with Crippen molar-refractivity contribution in [1.82, 2.24) is 0 Å². The van der Waals surface area contributed by atoms with Crippen LogP contribution in [0.4, 0.5) is 0 Å². The van der Waals surface area contributed by atoms with Crippen LogP contribution in [-0.4, -0.2) is 0 Å². The van der Waals surface area contributed by atoms with E-state index in [1.807, 2.05) is 0 Å². The van der Waals surface area contributed by atoms with Gasteiger partial charge in [-0.3, -0.25) is 6.08 Å². The predicted octanol–water partition coefficient (Wildman–Crippen LogP) is -0.0132. The summed E-state index contributed by atoms with van der Waals surface area (Å²) in [5.74, 6) is 0. The Morgan fingerprint density at radius 2 is 0.816 bits per heavy atom. The zero-order valence-electron chi connectivity index (χ0n) is 24.1. The van der Waals surface area contributed by atoms with Gasteiger partial charge in [0.1, 0.15) is 0 Å². The normalized spacial score (nSPS) is 12.8. The Kier molecular flexibility index (Phi) is 13.4. The third kappa shape index (κ3) is 7.07. The summed E-state index contributed by atoms with van der Waals surface area (Å²) < 4.78 is 0. The SMILES string of the molecule is Cc1cc(C)cc(C(C2=C(C(C)(C)C)[C-]=CC2)(c2cc(C)cc(C)c2)c2cc(C)cc(C)c2)c1.[Cl-].[Cl-].[Cl-].[Ti+4]. The largest absolute Gasteiger partial charge is 4.00 e. The fourth-order valence-electron chi connectivity index (χ4n) is 6.05. The molecule has 0 N–H and O–H groups in total. The second-order valence-electron chi connectivity index (χ2n) is 11.5. The van der Waals surface area contributed by atoms with Crippen molar-refractivity contribution in [2.45, 2.75) is 74.1 Å². The van der Waals surface area contributed by atoms with Crippen molar-refractivity contribution in [2.75, 3.05) is 0 Å². The van der Waals surface area contributed by atoms with Crippen molar-refractivity contribution >= 4 is 0 Å². The summed E-state index contributed by atoms with van der Waals surface area (Å²) in [6.45, 7) is 20.3. The van der Waals surface area contributed by atoms with E-state index in [-0.39, 0.29) is 69.8 Å². The maximum Gasteiger partial charge on any atom is 4.00 e. The Morgan fingerprint density at radius 1 is 0.526 bits per heavy atom. The van der Waals surface area contributed by atoms with Gasteiger partial charge in [-0.05, 0) is 63.6 Å². The van der Waals surface area contributed by atoms with E-state index in [1.54, 1.807) is 0 Å². The molecule has 0 spiro atoms. The standard InChI is InChI=1S/C34H39.3ClH.Ti/c1-22-13-23(2)17-28(16-22)34(29-18-24(3)14-25(4)19-29,30-20-26(5)15-27(6)21-30)32-12-10-11-31(32)33(7,8)9;;;;/h10,13-21H,12H2,1-9H3;3*1H;/q-1;;;;+4/p-3. The second kappa shape index (κ2) is 13.9. The van der Waals surface area contributed by atoms with Crippen LogP contribution in [0.5, 0.6) is 0 Å². The molecule has 0 saturated carbocycles. The van der Waals surface area contributed by atoms with E-state index < -0.39 is 0 Å². The van der Waals surface area contributed by atoms with Gasteiger partial charge in [-0.15, -0.1) is 0 Å². The molecule has 0 aliphatic heterocycles. The minimum atomic E-state index is -0.382. The zero-order chi connectivity index (χ0) is 24.8. The van der Waals surface area contributed by atoms with Crippen molar-refractivity contribution in [3.8, 4) is 0 Å². The second-order valence-corrected chi connectivity index (χ2v) is 11.5. The summed E-state index contributed by atoms with van der Waals surface area (Å²) in [7, 11) is 0. The monoisotopic (exact) mass is 600 g/mol. The van der Waals surface area contributed by atoms with Crippen LogP contribution in [0.2, 0.25) is 0 Å². The molecule has 200 valence electrons. The average Bonchev–Trinajstić information content (AvgIpc) is 3.17. The third-order valence-electron chi connectivity index (χ3n) is 7.02. The first-order chi connectivity index (χ1) is 15.9. The van der Waals surface area contributed by atoms with Crippen LogP contribution in [0.3, 0.4) is 0 Å². The molecule has 0 nitrogen and oxygen atoms in total. The minimum absolute atomic E-state index is 0. The van der Waals surface area contributed by atoms with Crippen LogP contribution < -0.4 is 37.2 Å². The van der Waals surface area contributed by atoms with Crippen LogP contribution >= 0.6 is 0 Å². The number of hydrogen-bond donors (Lipinski definition) is 0. The van der Waals surface area contributed by atoms with Crippen LogP contribution in [0.15, 0.2) is 71.8 Å². The van der Waals surface area contributed by atoms with E-state index in [9.17, 15) is 0 Å². The number of allylic oxidation sites excluding steroid dienone is 4. The van der Waals surface area contributed by atoms with Gasteiger partial charge in [-0.1, -0.05) is 115 Å². The summed E-state index contributed by atoms with van der Waals surface area (Å²) in [5.41, 5.74) is 14.3. The molecule has 38 heavy (non-hydrogen) atoms. The first-order valence-electron chi connectivity index (χ1n) is 12.5. The molecule has 4 rings (SSSR count). The van der Waals surface area contributed by atoms with Gasteiger partial charge in [0, 0.05) is 5.41 Å². The van der Waals surface area contributed by atoms with E-state index in [4.69, 9.17) is 0 Å². The smallest absolute Gasteiger partial charge is 1.00 e. The Morgan fingerprint density at radius 3 is 1.08 bits per heavy atom. The Labute approximate surface area is 264 Å². The number of rotatable bonds is 4. The molecule has 3 aromatic carbocycles. The molecular weight excluding hydrogens is 563 g/mol. The fraction of sp³-hybridized carbons (Fsp3) is 0.353. The molecule has 0 amide bonds. The molecule has 0 bridgehead atoms. The minimum Gasteiger partial charge on any atom is -1.00 e. The van der Waals surface area contributed by atoms with Gasteiger partial charge < -0.3 is 37.2 Å². The molecule has 0 atom stereocenters. The molecule has 0 saturated heterocycles. The van der Waals surface area contributed by atoms with E-state index in [2.05, 4.69) is 129 Å². The maximum atomic E-state index is 3.70. The van der Waals surface area contributed by atoms with Gasteiger partial charge in [-0.2, -0.15) is 11.6 Å². The van der Waals surface area contributed by atoms with E-state index in [0.29, 0.717) is 0 Å². The molecular formula is C34H39Cl3Ti. The van der Waals surface area contributed by atoms with E-state index in [1.165, 1.54) is 61.2 Å². The van der Waals surface area contributed by atoms with Crippen molar-refractivity contribution in [3.05, 3.63) is 128 Å². The van der Waals surface area contributed by atoms with Gasteiger partial charge in [-0.25, -0.2) is 5.57 Å². The molecule has 0 heterocycles. The Bertz CT molecular complexity index is 1140. The van der Waals surface area contributed by atoms with Crippen LogP contribution in [-0.2, 0) is 27.1 Å². The number of benzene rings is 3. The van der Waals surface area contributed by atoms with Crippen molar-refractivity contribution in [1.29, 1.82) is 0 Å². The van der Waals surface area contributed by atoms with Crippen molar-refractivity contribution < 1.29 is 58.9 Å². The van der Waals surface area contributed by atoms with Crippen LogP contribution in [0, 0.1) is 53.0 Å². The zero-order valence-corrected chi connectivity index (χ0v) is 27.9. The number of aryl methyl sites for hydroxylation is 6. The van der Waals surface area contributed by atoms with E-state index >= 15 is 0 Å². The predicted molar refractivity (Wildman–Crippen MR) is 147 cm³/mol. The molecule has 0 aromatic heterocycles. The van der Waals surface area contributed by atoms with Gasteiger partial charge >= 0.3 is 21.7 Å². The van der Waals surface area contributed by atoms with Crippen LogP contribution in [0.1, 0.15) is 77.3 Å². The summed E-state index contributed by atoms with van der Waals surface area (Å²) in [5, 5.41) is 0. The summed E-state index contributed by atoms with van der Waals surface area (Å²) >= 11 is 0. The first kappa shape index (κ1) is 36.7. The molecule has 1 aliphatic rings. The van der Waals surface area contributed by atoms with Crippen molar-refractivity contribution in [2.24, 2.45) is 5.41 Å².